The lowest BCUT2D eigenvalue weighted by Gasteiger charge is -2.35. The fraction of sp³-hybridized carbons (Fsp3) is 1.00. The Balaban J connectivity index is 4.32. The summed E-state index contributed by atoms with van der Waals surface area (Å²) in [7, 11) is 0. The highest BCUT2D eigenvalue weighted by Crippen LogP contribution is 2.16. The molecule has 0 rings (SSSR count). The third-order valence-electron chi connectivity index (χ3n) is 3.41. The van der Waals surface area contributed by atoms with Crippen LogP contribution < -0.4 is 0 Å². The summed E-state index contributed by atoms with van der Waals surface area (Å²) in [5.74, 6) is 0. The standard InChI is InChI=1S/C15H34NO/c1-5-9-12-15-16(17-8-4,13-10-6-2)14-11-7-3/h5-15H2,1-4H3/q+1. The zero-order chi connectivity index (χ0) is 13.0. The molecule has 0 saturated heterocycles. The molecule has 0 unspecified atom stereocenters. The van der Waals surface area contributed by atoms with Crippen LogP contribution in [0.25, 0.3) is 0 Å². The van der Waals surface area contributed by atoms with Crippen LogP contribution in [0.3, 0.4) is 0 Å². The minimum Gasteiger partial charge on any atom is -0.203 e. The fourth-order valence-electron chi connectivity index (χ4n) is 2.35. The van der Waals surface area contributed by atoms with Crippen LogP contribution >= 0.6 is 0 Å². The molecule has 0 aromatic rings. The molecule has 0 atom stereocenters. The van der Waals surface area contributed by atoms with E-state index in [9.17, 15) is 0 Å². The summed E-state index contributed by atoms with van der Waals surface area (Å²) in [6.45, 7) is 13.4. The number of unbranched alkanes of at least 4 members (excludes halogenated alkanes) is 4. The Morgan fingerprint density at radius 2 is 1.12 bits per heavy atom. The van der Waals surface area contributed by atoms with Gasteiger partial charge in [-0.15, -0.1) is 0 Å². The van der Waals surface area contributed by atoms with Gasteiger partial charge in [-0.1, -0.05) is 40.0 Å². The van der Waals surface area contributed by atoms with E-state index in [0.717, 1.165) is 11.3 Å². The van der Waals surface area contributed by atoms with E-state index >= 15 is 0 Å². The van der Waals surface area contributed by atoms with Gasteiger partial charge in [0.2, 0.25) is 0 Å². The number of hydrogen-bond acceptors (Lipinski definition) is 1. The van der Waals surface area contributed by atoms with Crippen molar-refractivity contribution in [1.82, 2.24) is 0 Å². The van der Waals surface area contributed by atoms with Gasteiger partial charge in [0.25, 0.3) is 0 Å². The quantitative estimate of drug-likeness (QED) is 0.278. The average molecular weight is 244 g/mol. The fourth-order valence-corrected chi connectivity index (χ4v) is 2.35. The first-order chi connectivity index (χ1) is 8.24. The molecule has 0 heterocycles. The van der Waals surface area contributed by atoms with Crippen molar-refractivity contribution in [2.75, 3.05) is 26.2 Å². The number of hydroxylamine groups is 3. The highest BCUT2D eigenvalue weighted by Gasteiger charge is 2.27. The van der Waals surface area contributed by atoms with E-state index < -0.39 is 0 Å². The normalized spacial score (nSPS) is 12.0. The lowest BCUT2D eigenvalue weighted by Crippen LogP contribution is -2.50. The Morgan fingerprint density at radius 1 is 0.647 bits per heavy atom. The van der Waals surface area contributed by atoms with Gasteiger partial charge >= 0.3 is 0 Å². The molecule has 0 aromatic carbocycles. The molecular weight excluding hydrogens is 210 g/mol. The van der Waals surface area contributed by atoms with Crippen LogP contribution in [0.15, 0.2) is 0 Å². The second kappa shape index (κ2) is 11.0. The van der Waals surface area contributed by atoms with Crippen LogP contribution in [0.2, 0.25) is 0 Å². The molecule has 0 aliphatic heterocycles. The molecule has 0 N–H and O–H groups in total. The summed E-state index contributed by atoms with van der Waals surface area (Å²) in [6.07, 6.45) is 9.06. The predicted octanol–water partition coefficient (Wildman–Crippen LogP) is 4.55. The van der Waals surface area contributed by atoms with Crippen LogP contribution in [0.5, 0.6) is 0 Å². The van der Waals surface area contributed by atoms with Crippen molar-refractivity contribution in [3.05, 3.63) is 0 Å². The third kappa shape index (κ3) is 7.77. The number of hydrogen-bond donors (Lipinski definition) is 0. The van der Waals surface area contributed by atoms with Crippen molar-refractivity contribution >= 4 is 0 Å². The van der Waals surface area contributed by atoms with Crippen LogP contribution in [-0.4, -0.2) is 30.9 Å². The van der Waals surface area contributed by atoms with Gasteiger partial charge in [-0.2, -0.15) is 4.65 Å². The van der Waals surface area contributed by atoms with Crippen molar-refractivity contribution < 1.29 is 9.48 Å². The zero-order valence-corrected chi connectivity index (χ0v) is 12.6. The maximum absolute atomic E-state index is 6.12. The number of nitrogens with zero attached hydrogens (tertiary/aromatic N) is 1. The summed E-state index contributed by atoms with van der Waals surface area (Å²) in [5.41, 5.74) is 0. The topological polar surface area (TPSA) is 9.23 Å². The minimum atomic E-state index is 0.847. The van der Waals surface area contributed by atoms with Gasteiger partial charge < -0.3 is 0 Å². The smallest absolute Gasteiger partial charge is 0.109 e. The van der Waals surface area contributed by atoms with Gasteiger partial charge in [-0.25, -0.2) is 4.84 Å². The van der Waals surface area contributed by atoms with E-state index in [2.05, 4.69) is 27.7 Å². The van der Waals surface area contributed by atoms with Crippen molar-refractivity contribution in [3.8, 4) is 0 Å². The molecule has 0 fully saturated rings. The summed E-state index contributed by atoms with van der Waals surface area (Å²) in [5, 5.41) is 0. The Kier molecular flexibility index (Phi) is 11.0. The lowest BCUT2D eigenvalue weighted by atomic mass is 10.2. The van der Waals surface area contributed by atoms with Crippen molar-refractivity contribution in [2.45, 2.75) is 72.6 Å². The van der Waals surface area contributed by atoms with E-state index in [-0.39, 0.29) is 0 Å². The van der Waals surface area contributed by atoms with E-state index in [1.807, 2.05) is 0 Å². The van der Waals surface area contributed by atoms with Gasteiger partial charge in [-0.05, 0) is 32.6 Å². The summed E-state index contributed by atoms with van der Waals surface area (Å²) >= 11 is 0. The maximum Gasteiger partial charge on any atom is 0.109 e. The summed E-state index contributed by atoms with van der Waals surface area (Å²) < 4.78 is 0.915. The molecule has 17 heavy (non-hydrogen) atoms. The Bertz CT molecular complexity index is 151. The molecule has 0 radical (unpaired) electrons. The van der Waals surface area contributed by atoms with Gasteiger partial charge in [0, 0.05) is 0 Å². The molecule has 0 amide bonds. The first kappa shape index (κ1) is 16.9. The molecule has 0 saturated carbocycles. The molecule has 0 aliphatic carbocycles. The van der Waals surface area contributed by atoms with Gasteiger partial charge in [0.05, 0.1) is 0 Å². The van der Waals surface area contributed by atoms with Crippen molar-refractivity contribution in [1.29, 1.82) is 0 Å². The van der Waals surface area contributed by atoms with Crippen molar-refractivity contribution in [3.63, 3.8) is 0 Å². The molecule has 2 heteroatoms. The molecule has 104 valence electrons. The molecule has 0 aromatic heterocycles. The first-order valence-electron chi connectivity index (χ1n) is 7.75. The first-order valence-corrected chi connectivity index (χ1v) is 7.75. The van der Waals surface area contributed by atoms with Gasteiger partial charge in [0.15, 0.2) is 0 Å². The van der Waals surface area contributed by atoms with E-state index in [1.54, 1.807) is 0 Å². The summed E-state index contributed by atoms with van der Waals surface area (Å²) in [6, 6.07) is 0. The minimum absolute atomic E-state index is 0.847. The van der Waals surface area contributed by atoms with Gasteiger partial charge in [0.1, 0.15) is 26.2 Å². The van der Waals surface area contributed by atoms with Crippen LogP contribution in [0.1, 0.15) is 72.6 Å². The van der Waals surface area contributed by atoms with Gasteiger partial charge in [-0.3, -0.25) is 0 Å². The molecule has 0 bridgehead atoms. The largest absolute Gasteiger partial charge is 0.203 e. The van der Waals surface area contributed by atoms with Crippen LogP contribution in [0.4, 0.5) is 0 Å². The highest BCUT2D eigenvalue weighted by atomic mass is 16.7. The molecule has 0 spiro atoms. The molecule has 2 nitrogen and oxygen atoms in total. The lowest BCUT2D eigenvalue weighted by molar-refractivity contribution is -1.11. The maximum atomic E-state index is 6.12. The predicted molar refractivity (Wildman–Crippen MR) is 75.8 cm³/mol. The second-order valence-corrected chi connectivity index (χ2v) is 5.06. The van der Waals surface area contributed by atoms with Crippen LogP contribution in [-0.2, 0) is 4.84 Å². The highest BCUT2D eigenvalue weighted by molar-refractivity contribution is 4.43. The number of quaternary nitrogens is 1. The van der Waals surface area contributed by atoms with Crippen molar-refractivity contribution in [2.24, 2.45) is 0 Å². The third-order valence-corrected chi connectivity index (χ3v) is 3.41. The van der Waals surface area contributed by atoms with E-state index in [4.69, 9.17) is 4.84 Å². The molecule has 0 aliphatic rings. The Morgan fingerprint density at radius 3 is 1.53 bits per heavy atom. The monoisotopic (exact) mass is 244 g/mol. The molecular formula is C15H34NO+. The Hall–Kier alpha value is -0.0800. The summed E-state index contributed by atoms with van der Waals surface area (Å²) in [4.78, 5) is 6.12. The van der Waals surface area contributed by atoms with Crippen LogP contribution in [0, 0.1) is 0 Å². The van der Waals surface area contributed by atoms with E-state index in [1.165, 1.54) is 64.6 Å². The van der Waals surface area contributed by atoms with E-state index in [0.29, 0.717) is 0 Å². The SMILES string of the molecule is CCCCC[N+](CCCC)(CCCC)OCC. The second-order valence-electron chi connectivity index (χ2n) is 5.06. The number of rotatable bonds is 12. The Labute approximate surface area is 109 Å². The average Bonchev–Trinajstić information content (AvgIpc) is 2.34. The zero-order valence-electron chi connectivity index (χ0n) is 12.6.